The maximum Gasteiger partial charge on any atom is 0.264 e. The van der Waals surface area contributed by atoms with Crippen LogP contribution in [0.4, 0.5) is 5.69 Å². The molecule has 2 bridgehead atoms. The van der Waals surface area contributed by atoms with Crippen molar-refractivity contribution in [2.24, 2.45) is 23.2 Å². The van der Waals surface area contributed by atoms with E-state index in [1.165, 1.54) is 11.1 Å². The standard InChI is InChI=1S/C37H46ClN3O5S/c1-23-7-8-27(34(42)36(3,4)20-39)16-25-9-10-29(25)19-41-21-37(15-5-6-26-17-30(38)12-13-31(26)37)22-46-33-14-11-28(18-32(33)41)35(43)40-47(44,45)24(23)2/h8,11-14,17-18,23-25,29,34,42H,5-7,9-10,15-16,19,21-22H2,1-4H3,(H,40,43)/b27-8-/t23-,24+,25-,29-,34?,37-/m0/s1. The molecule has 2 aromatic rings. The largest absolute Gasteiger partial charge is 0.490 e. The topological polar surface area (TPSA) is 120 Å². The Morgan fingerprint density at radius 2 is 1.94 bits per heavy atom. The summed E-state index contributed by atoms with van der Waals surface area (Å²) in [5.74, 6) is 0.294. The summed E-state index contributed by atoms with van der Waals surface area (Å²) in [7, 11) is -4.02. The summed E-state index contributed by atoms with van der Waals surface area (Å²) in [6.45, 7) is 8.82. The smallest absolute Gasteiger partial charge is 0.264 e. The van der Waals surface area contributed by atoms with Crippen LogP contribution in [0.3, 0.4) is 0 Å². The second-order valence-corrected chi connectivity index (χ2v) is 17.5. The Kier molecular flexibility index (Phi) is 9.18. The number of aliphatic hydroxyl groups excluding tert-OH is 1. The van der Waals surface area contributed by atoms with Gasteiger partial charge < -0.3 is 14.7 Å². The molecule has 2 N–H and O–H groups in total. The highest BCUT2D eigenvalue weighted by Gasteiger charge is 2.44. The third-order valence-corrected chi connectivity index (χ3v) is 13.6. The molecule has 6 atom stereocenters. The first kappa shape index (κ1) is 33.8. The number of fused-ring (bicyclic) bond motifs is 4. The molecular formula is C37H46ClN3O5S. The number of amides is 1. The highest BCUT2D eigenvalue weighted by Crippen LogP contribution is 2.47. The van der Waals surface area contributed by atoms with Gasteiger partial charge in [0.05, 0.1) is 35.1 Å². The number of carbonyl (C=O) groups excluding carboxylic acids is 1. The maximum absolute atomic E-state index is 13.5. The van der Waals surface area contributed by atoms with Crippen LogP contribution in [0.25, 0.3) is 0 Å². The number of hydrogen-bond acceptors (Lipinski definition) is 7. The molecule has 2 heterocycles. The van der Waals surface area contributed by atoms with Crippen LogP contribution in [0.2, 0.25) is 5.02 Å². The zero-order valence-corrected chi connectivity index (χ0v) is 29.3. The predicted octanol–water partition coefficient (Wildman–Crippen LogP) is 6.55. The highest BCUT2D eigenvalue weighted by atomic mass is 35.5. The number of ether oxygens (including phenoxy) is 1. The minimum absolute atomic E-state index is 0.272. The normalized spacial score (nSPS) is 31.0. The van der Waals surface area contributed by atoms with E-state index in [0.29, 0.717) is 43.6 Å². The summed E-state index contributed by atoms with van der Waals surface area (Å²) in [6, 6.07) is 13.6. The molecule has 1 amide bonds. The fourth-order valence-electron chi connectivity index (χ4n) is 7.94. The molecule has 2 aliphatic heterocycles. The Bertz CT molecular complexity index is 1730. The number of hydrogen-bond donors (Lipinski definition) is 2. The fourth-order valence-corrected chi connectivity index (χ4v) is 9.41. The number of nitriles is 1. The first-order valence-corrected chi connectivity index (χ1v) is 18.8. The summed E-state index contributed by atoms with van der Waals surface area (Å²) < 4.78 is 35.8. The van der Waals surface area contributed by atoms with Crippen molar-refractivity contribution >= 4 is 33.2 Å². The number of benzene rings is 2. The number of anilines is 1. The molecule has 1 unspecified atom stereocenters. The van der Waals surface area contributed by atoms with Crippen molar-refractivity contribution in [1.82, 2.24) is 4.72 Å². The van der Waals surface area contributed by atoms with Gasteiger partial charge in [0.25, 0.3) is 5.91 Å². The van der Waals surface area contributed by atoms with E-state index in [1.54, 1.807) is 39.0 Å². The van der Waals surface area contributed by atoms with E-state index >= 15 is 0 Å². The summed E-state index contributed by atoms with van der Waals surface area (Å²) in [6.07, 6.45) is 6.97. The average molecular weight is 680 g/mol. The Hall–Kier alpha value is -3.06. The molecule has 6 rings (SSSR count). The molecule has 0 aromatic heterocycles. The van der Waals surface area contributed by atoms with Crippen LogP contribution >= 0.6 is 11.6 Å². The van der Waals surface area contributed by atoms with Gasteiger partial charge in [0.1, 0.15) is 5.75 Å². The van der Waals surface area contributed by atoms with E-state index in [2.05, 4.69) is 27.8 Å². The zero-order valence-electron chi connectivity index (χ0n) is 27.8. The monoisotopic (exact) mass is 679 g/mol. The minimum Gasteiger partial charge on any atom is -0.490 e. The highest BCUT2D eigenvalue weighted by molar-refractivity contribution is 7.90. The minimum atomic E-state index is -4.02. The Balaban J connectivity index is 1.43. The van der Waals surface area contributed by atoms with Gasteiger partial charge in [-0.1, -0.05) is 30.7 Å². The van der Waals surface area contributed by atoms with Crippen molar-refractivity contribution in [2.75, 3.05) is 24.6 Å². The molecule has 252 valence electrons. The van der Waals surface area contributed by atoms with Crippen molar-refractivity contribution in [1.29, 1.82) is 5.26 Å². The Morgan fingerprint density at radius 3 is 2.66 bits per heavy atom. The van der Waals surface area contributed by atoms with E-state index < -0.39 is 32.7 Å². The molecule has 0 saturated heterocycles. The SMILES string of the molecule is C[C@@H]1[C@@H](C)C/C=C(\C(O)C(C)(C)C#N)C[C@@H]2CC[C@H]2CN2C[C@@]3(CCCc4cc(Cl)ccc43)COc3ccc(cc32)C(=O)NS1(=O)=O. The summed E-state index contributed by atoms with van der Waals surface area (Å²) in [5.41, 5.74) is 3.05. The predicted molar refractivity (Wildman–Crippen MR) is 184 cm³/mol. The van der Waals surface area contributed by atoms with Gasteiger partial charge in [-0.15, -0.1) is 0 Å². The fraction of sp³-hybridized carbons (Fsp3) is 0.568. The van der Waals surface area contributed by atoms with Crippen molar-refractivity contribution in [3.8, 4) is 11.8 Å². The number of nitrogens with zero attached hydrogens (tertiary/aromatic N) is 2. The molecule has 0 radical (unpaired) electrons. The van der Waals surface area contributed by atoms with E-state index in [1.807, 2.05) is 19.1 Å². The van der Waals surface area contributed by atoms with Crippen molar-refractivity contribution in [3.63, 3.8) is 0 Å². The molecule has 1 fully saturated rings. The quantitative estimate of drug-likeness (QED) is 0.345. The lowest BCUT2D eigenvalue weighted by molar-refractivity contribution is 0.0981. The Morgan fingerprint density at radius 1 is 1.17 bits per heavy atom. The molecule has 2 aliphatic carbocycles. The number of rotatable bonds is 2. The molecular weight excluding hydrogens is 634 g/mol. The van der Waals surface area contributed by atoms with Gasteiger partial charge in [0.15, 0.2) is 0 Å². The zero-order chi connectivity index (χ0) is 33.7. The third kappa shape index (κ3) is 6.54. The van der Waals surface area contributed by atoms with E-state index in [4.69, 9.17) is 16.3 Å². The third-order valence-electron chi connectivity index (χ3n) is 11.4. The molecule has 1 spiro atoms. The van der Waals surface area contributed by atoms with Crippen LogP contribution < -0.4 is 14.4 Å². The van der Waals surface area contributed by atoms with Crippen molar-refractivity contribution in [2.45, 2.75) is 89.4 Å². The molecule has 10 heteroatoms. The number of nitrogens with one attached hydrogen (secondary N) is 1. The summed E-state index contributed by atoms with van der Waals surface area (Å²) >= 11 is 6.42. The molecule has 1 saturated carbocycles. The van der Waals surface area contributed by atoms with Crippen LogP contribution in [-0.4, -0.2) is 50.5 Å². The second kappa shape index (κ2) is 12.8. The van der Waals surface area contributed by atoms with Crippen LogP contribution in [0.5, 0.6) is 5.75 Å². The number of halogens is 1. The van der Waals surface area contributed by atoms with Gasteiger partial charge in [0, 0.05) is 29.1 Å². The summed E-state index contributed by atoms with van der Waals surface area (Å²) in [4.78, 5) is 15.9. The molecule has 4 aliphatic rings. The van der Waals surface area contributed by atoms with E-state index in [-0.39, 0.29) is 16.9 Å². The van der Waals surface area contributed by atoms with Gasteiger partial charge in [-0.3, -0.25) is 4.79 Å². The van der Waals surface area contributed by atoms with Gasteiger partial charge in [0.2, 0.25) is 10.0 Å². The average Bonchev–Trinajstić information content (AvgIpc) is 3.18. The number of aryl methyl sites for hydroxylation is 1. The van der Waals surface area contributed by atoms with Gasteiger partial charge in [-0.2, -0.15) is 5.26 Å². The van der Waals surface area contributed by atoms with Gasteiger partial charge in [-0.25, -0.2) is 13.1 Å². The van der Waals surface area contributed by atoms with Gasteiger partial charge in [-0.05, 0) is 131 Å². The lowest BCUT2D eigenvalue weighted by Gasteiger charge is -2.45. The maximum atomic E-state index is 13.5. The Labute approximate surface area is 284 Å². The van der Waals surface area contributed by atoms with Crippen LogP contribution in [-0.2, 0) is 21.9 Å². The number of carbonyl (C=O) groups is 1. The van der Waals surface area contributed by atoms with Crippen LogP contribution in [0.15, 0.2) is 48.0 Å². The van der Waals surface area contributed by atoms with E-state index in [0.717, 1.165) is 54.9 Å². The van der Waals surface area contributed by atoms with Crippen molar-refractivity contribution in [3.05, 3.63) is 69.8 Å². The number of aliphatic hydroxyl groups is 1. The van der Waals surface area contributed by atoms with Crippen LogP contribution in [0, 0.1) is 34.5 Å². The van der Waals surface area contributed by atoms with Crippen molar-refractivity contribution < 1.29 is 23.1 Å². The molecule has 2 aromatic carbocycles. The van der Waals surface area contributed by atoms with E-state index in [9.17, 15) is 23.6 Å². The first-order chi connectivity index (χ1) is 22.2. The first-order valence-electron chi connectivity index (χ1n) is 16.9. The van der Waals surface area contributed by atoms with Crippen LogP contribution in [0.1, 0.15) is 87.7 Å². The number of allylic oxidation sites excluding steroid dienone is 1. The van der Waals surface area contributed by atoms with Gasteiger partial charge >= 0.3 is 0 Å². The molecule has 8 nitrogen and oxygen atoms in total. The lowest BCUT2D eigenvalue weighted by atomic mass is 9.67. The number of sulfonamides is 1. The molecule has 47 heavy (non-hydrogen) atoms. The second-order valence-electron chi connectivity index (χ2n) is 15.0. The lowest BCUT2D eigenvalue weighted by Crippen LogP contribution is -2.48. The summed E-state index contributed by atoms with van der Waals surface area (Å²) in [5, 5.41) is 21.2.